The van der Waals surface area contributed by atoms with E-state index in [1.54, 1.807) is 0 Å². The molecule has 3 heterocycles. The van der Waals surface area contributed by atoms with Crippen molar-refractivity contribution >= 4 is 24.8 Å². The molecule has 1 aliphatic heterocycles. The molecule has 2 aromatic heterocycles. The Kier molecular flexibility index (Phi) is 3.85. The Hall–Kier alpha value is -1.62. The Balaban J connectivity index is 1.80. The summed E-state index contributed by atoms with van der Waals surface area (Å²) in [5.74, 6) is 0.190. The van der Waals surface area contributed by atoms with Crippen LogP contribution in [-0.2, 0) is 13.8 Å². The summed E-state index contributed by atoms with van der Waals surface area (Å²) in [6.45, 7) is -0.457. The van der Waals surface area contributed by atoms with Crippen LogP contribution in [0.25, 0.3) is 11.2 Å². The van der Waals surface area contributed by atoms with Crippen LogP contribution in [0.1, 0.15) is 12.6 Å². The van der Waals surface area contributed by atoms with E-state index in [-0.39, 0.29) is 12.2 Å². The molecule has 3 N–H and O–H groups in total. The van der Waals surface area contributed by atoms with Crippen LogP contribution in [0.2, 0.25) is 0 Å². The first kappa shape index (κ1) is 15.3. The number of aromatic nitrogens is 4. The molecule has 11 nitrogen and oxygen atoms in total. The van der Waals surface area contributed by atoms with Crippen molar-refractivity contribution in [1.82, 2.24) is 19.5 Å². The Bertz CT molecular complexity index is 732. The molecule has 3 atom stereocenters. The normalized spacial score (nSPS) is 25.9. The molecule has 3 rings (SSSR count). The third kappa shape index (κ3) is 2.95. The van der Waals surface area contributed by atoms with E-state index < -0.39 is 32.9 Å². The van der Waals surface area contributed by atoms with E-state index in [4.69, 9.17) is 10.5 Å². The topological polar surface area (TPSA) is 172 Å². The van der Waals surface area contributed by atoms with Gasteiger partial charge >= 0.3 is 0 Å². The van der Waals surface area contributed by atoms with Gasteiger partial charge in [0.15, 0.2) is 17.7 Å². The minimum Gasteiger partial charge on any atom is -0.790 e. The number of hydrogen-bond acceptors (Lipinski definition) is 10. The average Bonchev–Trinajstić information content (AvgIpc) is 3.00. The first-order chi connectivity index (χ1) is 10.3. The summed E-state index contributed by atoms with van der Waals surface area (Å²) >= 11 is 0. The van der Waals surface area contributed by atoms with Crippen LogP contribution in [0.3, 0.4) is 0 Å². The molecule has 0 bridgehead atoms. The third-order valence-electron chi connectivity index (χ3n) is 3.25. The molecular formula is C10H12N5O6P-2. The molecule has 0 spiro atoms. The maximum absolute atomic E-state index is 10.5. The van der Waals surface area contributed by atoms with Gasteiger partial charge in [-0.2, -0.15) is 0 Å². The highest BCUT2D eigenvalue weighted by atomic mass is 31.2. The monoisotopic (exact) mass is 329 g/mol. The molecule has 0 amide bonds. The fourth-order valence-electron chi connectivity index (χ4n) is 2.32. The molecule has 1 aliphatic rings. The lowest BCUT2D eigenvalue weighted by molar-refractivity contribution is -0.342. The van der Waals surface area contributed by atoms with Crippen LogP contribution >= 0.6 is 7.82 Å². The third-order valence-corrected chi connectivity index (χ3v) is 3.71. The second-order valence-electron chi connectivity index (χ2n) is 4.78. The van der Waals surface area contributed by atoms with E-state index in [1.165, 1.54) is 17.2 Å². The molecule has 0 saturated carbocycles. The minimum absolute atomic E-state index is 0.102. The van der Waals surface area contributed by atoms with Crippen molar-refractivity contribution in [2.24, 2.45) is 0 Å². The van der Waals surface area contributed by atoms with Gasteiger partial charge in [-0.1, -0.05) is 0 Å². The number of phosphoric ester groups is 1. The van der Waals surface area contributed by atoms with Gasteiger partial charge in [-0.25, -0.2) is 15.0 Å². The predicted molar refractivity (Wildman–Crippen MR) is 67.8 cm³/mol. The SMILES string of the molecule is Nc1ncnc2c1ncn2[C@@H]1O[C@H](COP(=O)([O-])[O-])CC1O. The van der Waals surface area contributed by atoms with Crippen LogP contribution in [0.15, 0.2) is 12.7 Å². The lowest BCUT2D eigenvalue weighted by Crippen LogP contribution is -2.22. The predicted octanol–water partition coefficient (Wildman–Crippen LogP) is -2.10. The summed E-state index contributed by atoms with van der Waals surface area (Å²) in [5.41, 5.74) is 6.41. The van der Waals surface area contributed by atoms with Crippen LogP contribution < -0.4 is 15.5 Å². The quantitative estimate of drug-likeness (QED) is 0.592. The highest BCUT2D eigenvalue weighted by molar-refractivity contribution is 7.43. The van der Waals surface area contributed by atoms with E-state index in [2.05, 4.69) is 19.5 Å². The zero-order valence-corrected chi connectivity index (χ0v) is 12.0. The first-order valence-electron chi connectivity index (χ1n) is 6.28. The maximum atomic E-state index is 10.5. The van der Waals surface area contributed by atoms with E-state index in [0.717, 1.165) is 0 Å². The standard InChI is InChI=1S/C10H14N5O6P/c11-8-7-9(13-3-12-8)15(4-14-7)10-6(16)1-5(21-10)2-20-22(17,18)19/h3-6,10,16H,1-2H2,(H2,11,12,13)(H2,17,18,19)/p-2/t5-,6?,10+/m0/s1. The highest BCUT2D eigenvalue weighted by Gasteiger charge is 2.36. The largest absolute Gasteiger partial charge is 0.790 e. The van der Waals surface area contributed by atoms with Gasteiger partial charge in [-0.05, 0) is 0 Å². The molecule has 22 heavy (non-hydrogen) atoms. The van der Waals surface area contributed by atoms with Gasteiger partial charge in [0.1, 0.15) is 17.9 Å². The lowest BCUT2D eigenvalue weighted by atomic mass is 10.2. The van der Waals surface area contributed by atoms with E-state index >= 15 is 0 Å². The number of hydrogen-bond donors (Lipinski definition) is 2. The smallest absolute Gasteiger partial charge is 0.167 e. The summed E-state index contributed by atoms with van der Waals surface area (Å²) < 4.78 is 21.6. The van der Waals surface area contributed by atoms with Crippen molar-refractivity contribution in [3.8, 4) is 0 Å². The Morgan fingerprint density at radius 3 is 3.00 bits per heavy atom. The molecule has 1 unspecified atom stereocenters. The van der Waals surface area contributed by atoms with Gasteiger partial charge in [0.25, 0.3) is 0 Å². The Morgan fingerprint density at radius 1 is 1.50 bits per heavy atom. The number of fused-ring (bicyclic) bond motifs is 1. The van der Waals surface area contributed by atoms with Crippen LogP contribution in [-0.4, -0.2) is 43.4 Å². The Labute approximate surface area is 124 Å². The van der Waals surface area contributed by atoms with Crippen LogP contribution in [0, 0.1) is 0 Å². The van der Waals surface area contributed by atoms with E-state index in [1.807, 2.05) is 0 Å². The number of phosphoric acid groups is 1. The number of anilines is 1. The van der Waals surface area contributed by atoms with Crippen molar-refractivity contribution in [3.63, 3.8) is 0 Å². The molecule has 0 radical (unpaired) electrons. The van der Waals surface area contributed by atoms with E-state index in [0.29, 0.717) is 11.2 Å². The van der Waals surface area contributed by atoms with Gasteiger partial charge in [0, 0.05) is 6.42 Å². The maximum Gasteiger partial charge on any atom is 0.167 e. The summed E-state index contributed by atoms with van der Waals surface area (Å²) in [6, 6.07) is 0. The fraction of sp³-hybridized carbons (Fsp3) is 0.500. The van der Waals surface area contributed by atoms with Crippen molar-refractivity contribution in [1.29, 1.82) is 0 Å². The number of aliphatic hydroxyl groups is 1. The van der Waals surface area contributed by atoms with Crippen LogP contribution in [0.5, 0.6) is 0 Å². The number of imidazole rings is 1. The van der Waals surface area contributed by atoms with Crippen molar-refractivity contribution in [2.75, 3.05) is 12.3 Å². The second kappa shape index (κ2) is 5.54. The summed E-state index contributed by atoms with van der Waals surface area (Å²) in [5, 5.41) is 10.1. The second-order valence-corrected chi connectivity index (χ2v) is 5.93. The molecule has 120 valence electrons. The first-order valence-corrected chi connectivity index (χ1v) is 7.74. The molecule has 2 aromatic rings. The number of nitrogens with zero attached hydrogens (tertiary/aromatic N) is 4. The van der Waals surface area contributed by atoms with Crippen molar-refractivity contribution in [2.45, 2.75) is 24.9 Å². The number of nitrogens with two attached hydrogens (primary N) is 1. The fourth-order valence-corrected chi connectivity index (χ4v) is 2.67. The van der Waals surface area contributed by atoms with Gasteiger partial charge in [-0.15, -0.1) is 0 Å². The molecular weight excluding hydrogens is 317 g/mol. The number of nitrogen functional groups attached to an aromatic ring is 1. The Morgan fingerprint density at radius 2 is 2.27 bits per heavy atom. The molecule has 1 fully saturated rings. The molecule has 0 aliphatic carbocycles. The van der Waals surface area contributed by atoms with Crippen LogP contribution in [0.4, 0.5) is 5.82 Å². The minimum atomic E-state index is -5.08. The zero-order chi connectivity index (χ0) is 15.9. The summed E-state index contributed by atoms with van der Waals surface area (Å²) in [4.78, 5) is 32.8. The van der Waals surface area contributed by atoms with Gasteiger partial charge in [-0.3, -0.25) is 4.57 Å². The van der Waals surface area contributed by atoms with Gasteiger partial charge in [0.2, 0.25) is 0 Å². The van der Waals surface area contributed by atoms with E-state index in [9.17, 15) is 19.5 Å². The van der Waals surface area contributed by atoms with Crippen molar-refractivity contribution in [3.05, 3.63) is 12.7 Å². The number of aliphatic hydroxyl groups excluding tert-OH is 1. The van der Waals surface area contributed by atoms with Gasteiger partial charge < -0.3 is 34.5 Å². The molecule has 12 heteroatoms. The zero-order valence-electron chi connectivity index (χ0n) is 11.1. The van der Waals surface area contributed by atoms with Crippen molar-refractivity contribution < 1.29 is 28.7 Å². The number of ether oxygens (including phenoxy) is 1. The van der Waals surface area contributed by atoms with Gasteiger partial charge in [0.05, 0.1) is 26.9 Å². The summed E-state index contributed by atoms with van der Waals surface area (Å²) in [6.07, 6.45) is 0.213. The summed E-state index contributed by atoms with van der Waals surface area (Å²) in [7, 11) is -5.08. The number of rotatable bonds is 4. The average molecular weight is 329 g/mol. The molecule has 1 saturated heterocycles. The molecule has 0 aromatic carbocycles. The lowest BCUT2D eigenvalue weighted by Gasteiger charge is -2.29. The highest BCUT2D eigenvalue weighted by Crippen LogP contribution is 2.34.